The van der Waals surface area contributed by atoms with Crippen LogP contribution in [0.4, 0.5) is 18.9 Å². The van der Waals surface area contributed by atoms with Crippen LogP contribution in [-0.4, -0.2) is 29.6 Å². The maximum absolute atomic E-state index is 12.9. The van der Waals surface area contributed by atoms with Gasteiger partial charge in [0.05, 0.1) is 17.8 Å². The lowest BCUT2D eigenvalue weighted by molar-refractivity contribution is -0.139. The second-order valence-electron chi connectivity index (χ2n) is 4.80. The number of amides is 1. The van der Waals surface area contributed by atoms with E-state index in [1.54, 1.807) is 6.92 Å². The van der Waals surface area contributed by atoms with Crippen molar-refractivity contribution in [3.05, 3.63) is 28.8 Å². The topological polar surface area (TPSA) is 78.4 Å². The Morgan fingerprint density at radius 2 is 1.96 bits per heavy atom. The first-order valence-electron chi connectivity index (χ1n) is 6.78. The summed E-state index contributed by atoms with van der Waals surface area (Å²) in [5, 5.41) is 13.4. The first-order chi connectivity index (χ1) is 10.6. The molecule has 0 aliphatic rings. The van der Waals surface area contributed by atoms with Crippen LogP contribution in [0, 0.1) is 0 Å². The summed E-state index contributed by atoms with van der Waals surface area (Å²) in [6.45, 7) is 1.36. The van der Waals surface area contributed by atoms with Gasteiger partial charge in [-0.25, -0.2) is 0 Å². The molecule has 1 aromatic rings. The van der Waals surface area contributed by atoms with E-state index in [1.165, 1.54) is 6.07 Å². The highest BCUT2D eigenvalue weighted by Crippen LogP contribution is 2.36. The summed E-state index contributed by atoms with van der Waals surface area (Å²) in [6, 6.07) is 2.04. The molecule has 0 bridgehead atoms. The van der Waals surface area contributed by atoms with Gasteiger partial charge < -0.3 is 10.4 Å². The van der Waals surface area contributed by atoms with Crippen molar-refractivity contribution in [2.45, 2.75) is 32.0 Å². The molecule has 0 spiro atoms. The van der Waals surface area contributed by atoms with Crippen LogP contribution in [0.1, 0.15) is 25.3 Å². The standard InChI is InChI=1S/C14H16ClF3N2O3.ClH/c1-2-3-11(13(22)23)19-7-12(21)20-10-5-4-8(15)6-9(10)14(16,17)18;/h4-6,11,19H,2-3,7H2,1H3,(H,20,21)(H,22,23);1H. The summed E-state index contributed by atoms with van der Waals surface area (Å²) >= 11 is 5.54. The number of carbonyl (C=O) groups is 2. The molecule has 0 saturated heterocycles. The molecule has 1 rings (SSSR count). The average molecular weight is 389 g/mol. The average Bonchev–Trinajstić information content (AvgIpc) is 2.44. The lowest BCUT2D eigenvalue weighted by Crippen LogP contribution is -2.41. The number of hydrogen-bond acceptors (Lipinski definition) is 3. The minimum Gasteiger partial charge on any atom is -0.480 e. The van der Waals surface area contributed by atoms with Gasteiger partial charge >= 0.3 is 12.1 Å². The third-order valence-electron chi connectivity index (χ3n) is 2.95. The maximum atomic E-state index is 12.9. The number of alkyl halides is 3. The minimum atomic E-state index is -4.67. The highest BCUT2D eigenvalue weighted by atomic mass is 35.5. The fraction of sp³-hybridized carbons (Fsp3) is 0.429. The van der Waals surface area contributed by atoms with Gasteiger partial charge in [0.2, 0.25) is 5.91 Å². The van der Waals surface area contributed by atoms with Gasteiger partial charge in [-0.2, -0.15) is 13.2 Å². The Hall–Kier alpha value is -1.51. The number of anilines is 1. The number of rotatable bonds is 7. The van der Waals surface area contributed by atoms with Crippen LogP contribution < -0.4 is 10.6 Å². The highest BCUT2D eigenvalue weighted by Gasteiger charge is 2.34. The van der Waals surface area contributed by atoms with E-state index in [1.807, 2.05) is 0 Å². The number of aliphatic carboxylic acids is 1. The monoisotopic (exact) mass is 388 g/mol. The van der Waals surface area contributed by atoms with E-state index in [2.05, 4.69) is 10.6 Å². The Labute approximate surface area is 148 Å². The first-order valence-corrected chi connectivity index (χ1v) is 7.15. The third-order valence-corrected chi connectivity index (χ3v) is 3.18. The maximum Gasteiger partial charge on any atom is 0.418 e. The fourth-order valence-corrected chi connectivity index (χ4v) is 2.04. The van der Waals surface area contributed by atoms with Gasteiger partial charge in [0.15, 0.2) is 0 Å². The normalized spacial score (nSPS) is 12.2. The van der Waals surface area contributed by atoms with Crippen LogP contribution in [-0.2, 0) is 15.8 Å². The largest absolute Gasteiger partial charge is 0.480 e. The molecule has 0 aliphatic carbocycles. The number of carboxylic acid groups (broad SMARTS) is 1. The molecule has 1 aromatic carbocycles. The Morgan fingerprint density at radius 1 is 1.33 bits per heavy atom. The molecule has 0 aromatic heterocycles. The fourth-order valence-electron chi connectivity index (χ4n) is 1.87. The van der Waals surface area contributed by atoms with Crippen LogP contribution in [0.25, 0.3) is 0 Å². The SMILES string of the molecule is CCCC(NCC(=O)Nc1ccc(Cl)cc1C(F)(F)F)C(=O)O.Cl. The molecule has 10 heteroatoms. The Kier molecular flexibility index (Phi) is 9.09. The summed E-state index contributed by atoms with van der Waals surface area (Å²) in [5.74, 6) is -1.90. The van der Waals surface area contributed by atoms with E-state index in [0.717, 1.165) is 6.07 Å². The molecule has 1 unspecified atom stereocenters. The Morgan fingerprint density at radius 3 is 2.46 bits per heavy atom. The molecule has 5 nitrogen and oxygen atoms in total. The number of hydrogen-bond donors (Lipinski definition) is 3. The lowest BCUT2D eigenvalue weighted by atomic mass is 10.1. The van der Waals surface area contributed by atoms with Crippen LogP contribution in [0.5, 0.6) is 0 Å². The van der Waals surface area contributed by atoms with Gasteiger partial charge in [0.25, 0.3) is 0 Å². The van der Waals surface area contributed by atoms with Crippen molar-refractivity contribution in [3.63, 3.8) is 0 Å². The number of benzene rings is 1. The number of halogens is 5. The van der Waals surface area contributed by atoms with Gasteiger partial charge in [-0.05, 0) is 24.6 Å². The van der Waals surface area contributed by atoms with Crippen LogP contribution in [0.2, 0.25) is 5.02 Å². The number of carbonyl (C=O) groups excluding carboxylic acids is 1. The van der Waals surface area contributed by atoms with Crippen molar-refractivity contribution in [2.24, 2.45) is 0 Å². The molecule has 1 amide bonds. The molecule has 0 saturated carbocycles. The Bertz CT molecular complexity index is 583. The van der Waals surface area contributed by atoms with Gasteiger partial charge in [0, 0.05) is 5.02 Å². The molecule has 1 atom stereocenters. The van der Waals surface area contributed by atoms with E-state index in [9.17, 15) is 22.8 Å². The van der Waals surface area contributed by atoms with Gasteiger partial charge in [0.1, 0.15) is 6.04 Å². The summed E-state index contributed by atoms with van der Waals surface area (Å²) in [5.41, 5.74) is -1.50. The highest BCUT2D eigenvalue weighted by molar-refractivity contribution is 6.30. The van der Waals surface area contributed by atoms with E-state index in [4.69, 9.17) is 16.7 Å². The molecular formula is C14H17Cl2F3N2O3. The summed E-state index contributed by atoms with van der Waals surface area (Å²) in [6.07, 6.45) is -3.79. The minimum absolute atomic E-state index is 0. The predicted octanol–water partition coefficient (Wildman–Crippen LogP) is 3.56. The van der Waals surface area contributed by atoms with Crippen LogP contribution >= 0.6 is 24.0 Å². The molecule has 0 aliphatic heterocycles. The van der Waals surface area contributed by atoms with Gasteiger partial charge in [-0.15, -0.1) is 12.4 Å². The van der Waals surface area contributed by atoms with E-state index >= 15 is 0 Å². The summed E-state index contributed by atoms with van der Waals surface area (Å²) in [4.78, 5) is 22.7. The first kappa shape index (κ1) is 22.5. The second-order valence-corrected chi connectivity index (χ2v) is 5.23. The molecule has 0 radical (unpaired) electrons. The van der Waals surface area contributed by atoms with Crippen molar-refractivity contribution in [1.29, 1.82) is 0 Å². The van der Waals surface area contributed by atoms with E-state index < -0.39 is 41.9 Å². The summed E-state index contributed by atoms with van der Waals surface area (Å²) in [7, 11) is 0. The van der Waals surface area contributed by atoms with Crippen molar-refractivity contribution >= 4 is 41.6 Å². The Balaban J connectivity index is 0.00000529. The summed E-state index contributed by atoms with van der Waals surface area (Å²) < 4.78 is 38.7. The van der Waals surface area contributed by atoms with Crippen molar-refractivity contribution < 1.29 is 27.9 Å². The van der Waals surface area contributed by atoms with Gasteiger partial charge in [-0.1, -0.05) is 24.9 Å². The van der Waals surface area contributed by atoms with Crippen LogP contribution in [0.15, 0.2) is 18.2 Å². The molecule has 24 heavy (non-hydrogen) atoms. The van der Waals surface area contributed by atoms with E-state index in [0.29, 0.717) is 18.9 Å². The van der Waals surface area contributed by atoms with Crippen molar-refractivity contribution in [1.82, 2.24) is 5.32 Å². The van der Waals surface area contributed by atoms with Crippen molar-refractivity contribution in [3.8, 4) is 0 Å². The molecule has 0 fully saturated rings. The van der Waals surface area contributed by atoms with Crippen molar-refractivity contribution in [2.75, 3.05) is 11.9 Å². The quantitative estimate of drug-likeness (QED) is 0.667. The van der Waals surface area contributed by atoms with E-state index in [-0.39, 0.29) is 17.4 Å². The smallest absolute Gasteiger partial charge is 0.418 e. The molecule has 3 N–H and O–H groups in total. The third kappa shape index (κ3) is 6.94. The zero-order chi connectivity index (χ0) is 17.6. The number of nitrogens with one attached hydrogen (secondary N) is 2. The van der Waals surface area contributed by atoms with Gasteiger partial charge in [-0.3, -0.25) is 14.9 Å². The lowest BCUT2D eigenvalue weighted by Gasteiger charge is -2.16. The van der Waals surface area contributed by atoms with Crippen LogP contribution in [0.3, 0.4) is 0 Å². The molecule has 136 valence electrons. The zero-order valence-corrected chi connectivity index (χ0v) is 14.2. The second kappa shape index (κ2) is 9.71. The number of carboxylic acids is 1. The molecule has 0 heterocycles. The molecular weight excluding hydrogens is 372 g/mol. The predicted molar refractivity (Wildman–Crippen MR) is 86.7 cm³/mol. The zero-order valence-electron chi connectivity index (χ0n) is 12.6.